The zero-order valence-electron chi connectivity index (χ0n) is 17.3. The molecule has 0 unspecified atom stereocenters. The first-order valence-electron chi connectivity index (χ1n) is 9.23. The molecule has 11 heteroatoms. The predicted octanol–water partition coefficient (Wildman–Crippen LogP) is 1.73. The van der Waals surface area contributed by atoms with Crippen LogP contribution in [-0.2, 0) is 14.8 Å². The average Bonchev–Trinajstić information content (AvgIpc) is 2.58. The van der Waals surface area contributed by atoms with Crippen molar-refractivity contribution in [3.63, 3.8) is 0 Å². The van der Waals surface area contributed by atoms with Crippen molar-refractivity contribution in [2.24, 2.45) is 0 Å². The Morgan fingerprint density at radius 3 is 2.59 bits per heavy atom. The number of alkyl carbamates (subject to hydrolysis) is 1. The lowest BCUT2D eigenvalue weighted by Gasteiger charge is -2.39. The summed E-state index contributed by atoms with van der Waals surface area (Å²) in [6, 6.07) is 3.34. The zero-order valence-corrected chi connectivity index (χ0v) is 18.2. The van der Waals surface area contributed by atoms with Gasteiger partial charge in [-0.25, -0.2) is 13.2 Å². The standard InChI is InChI=1S/C18H28N4O6S/c1-13-6-7-15(10-16(13)22(24)25)29(26,27)21-9-8-20(5)12-14(21)11-19-17(23)28-18(2,3)4/h6-7,10,14H,8-9,11-12H2,1-5H3,(H,19,23)/t14-/m0/s1. The third-order valence-corrected chi connectivity index (χ3v) is 6.44. The average molecular weight is 429 g/mol. The summed E-state index contributed by atoms with van der Waals surface area (Å²) in [5, 5.41) is 13.8. The van der Waals surface area contributed by atoms with Crippen molar-refractivity contribution in [2.45, 2.75) is 44.2 Å². The lowest BCUT2D eigenvalue weighted by molar-refractivity contribution is -0.385. The van der Waals surface area contributed by atoms with Crippen molar-refractivity contribution in [3.05, 3.63) is 33.9 Å². The van der Waals surface area contributed by atoms with Crippen LogP contribution in [-0.4, -0.2) is 73.5 Å². The van der Waals surface area contributed by atoms with E-state index in [0.717, 1.165) is 6.07 Å². The van der Waals surface area contributed by atoms with E-state index in [-0.39, 0.29) is 23.7 Å². The molecule has 1 atom stereocenters. The van der Waals surface area contributed by atoms with E-state index in [9.17, 15) is 23.3 Å². The summed E-state index contributed by atoms with van der Waals surface area (Å²) in [7, 11) is -2.12. The zero-order chi connectivity index (χ0) is 22.0. The molecule has 1 N–H and O–H groups in total. The highest BCUT2D eigenvalue weighted by molar-refractivity contribution is 7.89. The largest absolute Gasteiger partial charge is 0.444 e. The number of nitro benzene ring substituents is 1. The number of carbonyl (C=O) groups excluding carboxylic acids is 1. The van der Waals surface area contributed by atoms with Crippen LogP contribution in [0.5, 0.6) is 0 Å². The number of carbonyl (C=O) groups is 1. The van der Waals surface area contributed by atoms with Gasteiger partial charge in [0.1, 0.15) is 5.60 Å². The molecule has 0 spiro atoms. The molecule has 29 heavy (non-hydrogen) atoms. The van der Waals surface area contributed by atoms with E-state index < -0.39 is 32.7 Å². The van der Waals surface area contributed by atoms with Gasteiger partial charge in [-0.05, 0) is 40.8 Å². The number of hydrogen-bond acceptors (Lipinski definition) is 7. The number of ether oxygens (including phenoxy) is 1. The van der Waals surface area contributed by atoms with Crippen molar-refractivity contribution < 1.29 is 22.9 Å². The third-order valence-electron chi connectivity index (χ3n) is 4.50. The van der Waals surface area contributed by atoms with Gasteiger partial charge < -0.3 is 15.0 Å². The number of nitro groups is 1. The van der Waals surface area contributed by atoms with Gasteiger partial charge in [-0.1, -0.05) is 6.07 Å². The summed E-state index contributed by atoms with van der Waals surface area (Å²) in [4.78, 5) is 24.4. The van der Waals surface area contributed by atoms with E-state index in [1.165, 1.54) is 16.4 Å². The second-order valence-corrected chi connectivity index (χ2v) is 10.0. The number of rotatable bonds is 5. The molecule has 1 saturated heterocycles. The van der Waals surface area contributed by atoms with Crippen molar-refractivity contribution in [1.82, 2.24) is 14.5 Å². The van der Waals surface area contributed by atoms with Gasteiger partial charge in [0.25, 0.3) is 5.69 Å². The summed E-state index contributed by atoms with van der Waals surface area (Å²) in [5.74, 6) is 0. The number of sulfonamides is 1. The molecule has 1 fully saturated rings. The first kappa shape index (κ1) is 23.0. The van der Waals surface area contributed by atoms with Gasteiger partial charge in [0.2, 0.25) is 10.0 Å². The highest BCUT2D eigenvalue weighted by atomic mass is 32.2. The summed E-state index contributed by atoms with van der Waals surface area (Å²) >= 11 is 0. The molecule has 162 valence electrons. The fraction of sp³-hybridized carbons (Fsp3) is 0.611. The van der Waals surface area contributed by atoms with Gasteiger partial charge in [0.05, 0.1) is 15.9 Å². The second kappa shape index (κ2) is 8.64. The number of nitrogens with zero attached hydrogens (tertiary/aromatic N) is 3. The highest BCUT2D eigenvalue weighted by Gasteiger charge is 2.36. The fourth-order valence-corrected chi connectivity index (χ4v) is 4.70. The number of piperazine rings is 1. The van der Waals surface area contributed by atoms with Crippen LogP contribution in [0.4, 0.5) is 10.5 Å². The molecule has 1 aromatic rings. The van der Waals surface area contributed by atoms with Crippen LogP contribution in [0, 0.1) is 17.0 Å². The van der Waals surface area contributed by atoms with Crippen LogP contribution < -0.4 is 5.32 Å². The van der Waals surface area contributed by atoms with Gasteiger partial charge >= 0.3 is 6.09 Å². The molecule has 1 aliphatic rings. The van der Waals surface area contributed by atoms with Gasteiger partial charge in [-0.2, -0.15) is 4.31 Å². The predicted molar refractivity (Wildman–Crippen MR) is 107 cm³/mol. The fourth-order valence-electron chi connectivity index (χ4n) is 3.07. The lowest BCUT2D eigenvalue weighted by Crippen LogP contribution is -2.57. The van der Waals surface area contributed by atoms with Gasteiger partial charge in [0, 0.05) is 37.8 Å². The molecule has 1 aromatic carbocycles. The van der Waals surface area contributed by atoms with Crippen molar-refractivity contribution in [1.29, 1.82) is 0 Å². The van der Waals surface area contributed by atoms with Gasteiger partial charge in [0.15, 0.2) is 0 Å². The minimum Gasteiger partial charge on any atom is -0.444 e. The van der Waals surface area contributed by atoms with Gasteiger partial charge in [-0.15, -0.1) is 0 Å². The number of hydrogen-bond donors (Lipinski definition) is 1. The number of likely N-dealkylation sites (N-methyl/N-ethyl adjacent to an activating group) is 1. The quantitative estimate of drug-likeness (QED) is 0.560. The maximum absolute atomic E-state index is 13.2. The minimum absolute atomic E-state index is 0.0619. The topological polar surface area (TPSA) is 122 Å². The highest BCUT2D eigenvalue weighted by Crippen LogP contribution is 2.26. The van der Waals surface area contributed by atoms with Crippen LogP contribution in [0.2, 0.25) is 0 Å². The normalized spacial score (nSPS) is 19.0. The molecule has 0 aromatic heterocycles. The van der Waals surface area contributed by atoms with E-state index in [4.69, 9.17) is 4.74 Å². The van der Waals surface area contributed by atoms with E-state index >= 15 is 0 Å². The van der Waals surface area contributed by atoms with Crippen molar-refractivity contribution in [2.75, 3.05) is 33.2 Å². The molecule has 2 rings (SSSR count). The van der Waals surface area contributed by atoms with E-state index in [1.807, 2.05) is 11.9 Å². The Morgan fingerprint density at radius 1 is 1.34 bits per heavy atom. The summed E-state index contributed by atoms with van der Waals surface area (Å²) < 4.78 is 32.9. The second-order valence-electron chi connectivity index (χ2n) is 8.12. The maximum Gasteiger partial charge on any atom is 0.407 e. The SMILES string of the molecule is Cc1ccc(S(=O)(=O)N2CCN(C)C[C@@H]2CNC(=O)OC(C)(C)C)cc1[N+](=O)[O-]. The Kier molecular flexibility index (Phi) is 6.86. The van der Waals surface area contributed by atoms with E-state index in [1.54, 1.807) is 27.7 Å². The van der Waals surface area contributed by atoms with Crippen LogP contribution in [0.15, 0.2) is 23.1 Å². The minimum atomic E-state index is -3.98. The number of nitrogens with one attached hydrogen (secondary N) is 1. The van der Waals surface area contributed by atoms with Gasteiger partial charge in [-0.3, -0.25) is 10.1 Å². The Hall–Kier alpha value is -2.24. The van der Waals surface area contributed by atoms with E-state index in [2.05, 4.69) is 5.32 Å². The summed E-state index contributed by atoms with van der Waals surface area (Å²) in [6.45, 7) is 7.96. The first-order valence-corrected chi connectivity index (χ1v) is 10.7. The number of aryl methyl sites for hydroxylation is 1. The molecule has 1 aliphatic heterocycles. The monoisotopic (exact) mass is 428 g/mol. The van der Waals surface area contributed by atoms with Crippen LogP contribution in [0.3, 0.4) is 0 Å². The molecular weight excluding hydrogens is 400 g/mol. The molecule has 0 bridgehead atoms. The molecule has 0 radical (unpaired) electrons. The molecule has 1 amide bonds. The Bertz CT molecular complexity index is 881. The Labute approximate surface area is 171 Å². The molecule has 1 heterocycles. The molecule has 0 saturated carbocycles. The maximum atomic E-state index is 13.2. The lowest BCUT2D eigenvalue weighted by atomic mass is 10.2. The molecule has 10 nitrogen and oxygen atoms in total. The molecule has 0 aliphatic carbocycles. The number of benzene rings is 1. The Morgan fingerprint density at radius 2 is 2.00 bits per heavy atom. The van der Waals surface area contributed by atoms with Crippen molar-refractivity contribution in [3.8, 4) is 0 Å². The molecular formula is C18H28N4O6S. The van der Waals surface area contributed by atoms with Crippen LogP contribution in [0.1, 0.15) is 26.3 Å². The summed E-state index contributed by atoms with van der Waals surface area (Å²) in [5.41, 5.74) is -0.529. The number of amides is 1. The smallest absolute Gasteiger partial charge is 0.407 e. The van der Waals surface area contributed by atoms with Crippen molar-refractivity contribution >= 4 is 21.8 Å². The summed E-state index contributed by atoms with van der Waals surface area (Å²) in [6.07, 6.45) is -0.631. The van der Waals surface area contributed by atoms with Crippen LogP contribution >= 0.6 is 0 Å². The Balaban J connectivity index is 2.25. The first-order chi connectivity index (χ1) is 13.3. The third kappa shape index (κ3) is 5.87. The van der Waals surface area contributed by atoms with Crippen LogP contribution in [0.25, 0.3) is 0 Å². The van der Waals surface area contributed by atoms with E-state index in [0.29, 0.717) is 18.7 Å².